The van der Waals surface area contributed by atoms with Gasteiger partial charge >= 0.3 is 0 Å². The van der Waals surface area contributed by atoms with Crippen molar-refractivity contribution in [2.45, 2.75) is 75.2 Å². The summed E-state index contributed by atoms with van der Waals surface area (Å²) in [6, 6.07) is 8.65. The number of tetrazole rings is 1. The Bertz CT molecular complexity index is 709. The van der Waals surface area contributed by atoms with E-state index in [1.807, 2.05) is 19.1 Å². The smallest absolute Gasteiger partial charge is 0.233 e. The Morgan fingerprint density at radius 3 is 2.73 bits per heavy atom. The van der Waals surface area contributed by atoms with Gasteiger partial charge in [-0.3, -0.25) is 4.79 Å². The summed E-state index contributed by atoms with van der Waals surface area (Å²) < 4.78 is 1.70. The van der Waals surface area contributed by atoms with Crippen LogP contribution in [0.2, 0.25) is 0 Å². The van der Waals surface area contributed by atoms with E-state index in [2.05, 4.69) is 39.9 Å². The summed E-state index contributed by atoms with van der Waals surface area (Å²) in [7, 11) is 0. The average Bonchev–Trinajstić information content (AvgIpc) is 3.32. The highest BCUT2D eigenvalue weighted by molar-refractivity contribution is 8.00. The van der Waals surface area contributed by atoms with Crippen LogP contribution in [0.5, 0.6) is 0 Å². The van der Waals surface area contributed by atoms with Gasteiger partial charge in [0.15, 0.2) is 0 Å². The van der Waals surface area contributed by atoms with E-state index in [1.54, 1.807) is 4.68 Å². The molecule has 0 saturated heterocycles. The SMILES string of the molecule is CCCCc1ccc(-n2nnnc2SC(C)C(=O)NC2CCCC2)cc1. The molecule has 1 atom stereocenters. The number of amides is 1. The van der Waals surface area contributed by atoms with Gasteiger partial charge in [0.05, 0.1) is 10.9 Å². The molecule has 26 heavy (non-hydrogen) atoms. The Balaban J connectivity index is 1.63. The third-order valence-electron chi connectivity index (χ3n) is 4.79. The first kappa shape index (κ1) is 18.9. The first-order chi connectivity index (χ1) is 12.7. The summed E-state index contributed by atoms with van der Waals surface area (Å²) in [5.41, 5.74) is 2.24. The fraction of sp³-hybridized carbons (Fsp3) is 0.579. The van der Waals surface area contributed by atoms with E-state index in [4.69, 9.17) is 0 Å². The zero-order valence-electron chi connectivity index (χ0n) is 15.5. The monoisotopic (exact) mass is 373 g/mol. The van der Waals surface area contributed by atoms with Gasteiger partial charge in [-0.05, 0) is 60.7 Å². The molecule has 1 heterocycles. The molecule has 2 aromatic rings. The first-order valence-electron chi connectivity index (χ1n) is 9.52. The van der Waals surface area contributed by atoms with Crippen molar-refractivity contribution in [3.63, 3.8) is 0 Å². The summed E-state index contributed by atoms with van der Waals surface area (Å²) in [5.74, 6) is 0.0614. The van der Waals surface area contributed by atoms with Crippen molar-refractivity contribution in [3.05, 3.63) is 29.8 Å². The topological polar surface area (TPSA) is 72.7 Å². The predicted molar refractivity (Wildman–Crippen MR) is 103 cm³/mol. The highest BCUT2D eigenvalue weighted by atomic mass is 32.2. The molecule has 1 aliphatic carbocycles. The Morgan fingerprint density at radius 1 is 1.31 bits per heavy atom. The zero-order valence-corrected chi connectivity index (χ0v) is 16.3. The Morgan fingerprint density at radius 2 is 2.04 bits per heavy atom. The maximum atomic E-state index is 12.4. The second-order valence-electron chi connectivity index (χ2n) is 6.89. The summed E-state index contributed by atoms with van der Waals surface area (Å²) in [4.78, 5) is 12.4. The molecule has 1 saturated carbocycles. The third-order valence-corrected chi connectivity index (χ3v) is 5.83. The molecule has 0 bridgehead atoms. The molecule has 1 aromatic carbocycles. The number of hydrogen-bond donors (Lipinski definition) is 1. The maximum Gasteiger partial charge on any atom is 0.233 e. The van der Waals surface area contributed by atoms with Gasteiger partial charge < -0.3 is 5.32 Å². The number of aryl methyl sites for hydroxylation is 1. The van der Waals surface area contributed by atoms with Gasteiger partial charge in [-0.1, -0.05) is 50.1 Å². The number of thioether (sulfide) groups is 1. The van der Waals surface area contributed by atoms with E-state index in [1.165, 1.54) is 43.0 Å². The standard InChI is InChI=1S/C19H27N5OS/c1-3-4-7-15-10-12-17(13-11-15)24-19(21-22-23-24)26-14(2)18(25)20-16-8-5-6-9-16/h10-14,16H,3-9H2,1-2H3,(H,20,25). The Labute approximate surface area is 159 Å². The molecule has 0 radical (unpaired) electrons. The second-order valence-corrected chi connectivity index (χ2v) is 8.20. The van der Waals surface area contributed by atoms with Gasteiger partial charge in [0, 0.05) is 6.04 Å². The van der Waals surface area contributed by atoms with E-state index in [9.17, 15) is 4.79 Å². The molecule has 1 unspecified atom stereocenters. The van der Waals surface area contributed by atoms with Crippen molar-refractivity contribution < 1.29 is 4.79 Å². The minimum absolute atomic E-state index is 0.0614. The fourth-order valence-electron chi connectivity index (χ4n) is 3.20. The second kappa shape index (κ2) is 9.16. The van der Waals surface area contributed by atoms with Crippen LogP contribution in [-0.4, -0.2) is 37.4 Å². The molecule has 6 nitrogen and oxygen atoms in total. The molecular weight excluding hydrogens is 346 g/mol. The van der Waals surface area contributed by atoms with E-state index in [-0.39, 0.29) is 11.2 Å². The third kappa shape index (κ3) is 4.84. The molecule has 1 aromatic heterocycles. The lowest BCUT2D eigenvalue weighted by atomic mass is 10.1. The average molecular weight is 374 g/mol. The molecular formula is C19H27N5OS. The minimum Gasteiger partial charge on any atom is -0.352 e. The number of unbranched alkanes of at least 4 members (excludes halogenated alkanes) is 1. The Hall–Kier alpha value is -1.89. The van der Waals surface area contributed by atoms with Crippen molar-refractivity contribution in [2.75, 3.05) is 0 Å². The number of benzene rings is 1. The number of carbonyl (C=O) groups is 1. The number of carbonyl (C=O) groups excluding carboxylic acids is 1. The molecule has 1 N–H and O–H groups in total. The fourth-order valence-corrected chi connectivity index (χ4v) is 4.02. The van der Waals surface area contributed by atoms with Gasteiger partial charge in [0.2, 0.25) is 11.1 Å². The summed E-state index contributed by atoms with van der Waals surface area (Å²) >= 11 is 1.40. The largest absolute Gasteiger partial charge is 0.352 e. The molecule has 0 aliphatic heterocycles. The maximum absolute atomic E-state index is 12.4. The van der Waals surface area contributed by atoms with Crippen LogP contribution in [-0.2, 0) is 11.2 Å². The molecule has 1 aliphatic rings. The van der Waals surface area contributed by atoms with Crippen molar-refractivity contribution in [1.82, 2.24) is 25.5 Å². The number of nitrogens with one attached hydrogen (secondary N) is 1. The highest BCUT2D eigenvalue weighted by Gasteiger charge is 2.23. The molecule has 0 spiro atoms. The van der Waals surface area contributed by atoms with Crippen LogP contribution in [0.25, 0.3) is 5.69 Å². The van der Waals surface area contributed by atoms with Gasteiger partial charge in [0.1, 0.15) is 0 Å². The lowest BCUT2D eigenvalue weighted by molar-refractivity contribution is -0.120. The molecule has 7 heteroatoms. The van der Waals surface area contributed by atoms with Gasteiger partial charge in [0.25, 0.3) is 0 Å². The van der Waals surface area contributed by atoms with E-state index < -0.39 is 0 Å². The number of aromatic nitrogens is 4. The lowest BCUT2D eigenvalue weighted by Crippen LogP contribution is -2.37. The van der Waals surface area contributed by atoms with Crippen molar-refractivity contribution in [1.29, 1.82) is 0 Å². The van der Waals surface area contributed by atoms with Crippen LogP contribution in [0.1, 0.15) is 57.9 Å². The van der Waals surface area contributed by atoms with Crippen LogP contribution in [0.3, 0.4) is 0 Å². The highest BCUT2D eigenvalue weighted by Crippen LogP contribution is 2.24. The van der Waals surface area contributed by atoms with Crippen molar-refractivity contribution >= 4 is 17.7 Å². The summed E-state index contributed by atoms with van der Waals surface area (Å²) in [6.07, 6.45) is 8.07. The zero-order chi connectivity index (χ0) is 18.4. The Kier molecular flexibility index (Phi) is 6.66. The predicted octanol–water partition coefficient (Wildman–Crippen LogP) is 3.54. The van der Waals surface area contributed by atoms with E-state index in [0.29, 0.717) is 11.2 Å². The van der Waals surface area contributed by atoms with Crippen LogP contribution >= 0.6 is 11.8 Å². The molecule has 1 amide bonds. The summed E-state index contributed by atoms with van der Waals surface area (Å²) in [6.45, 7) is 4.10. The van der Waals surface area contributed by atoms with E-state index >= 15 is 0 Å². The minimum atomic E-state index is -0.232. The van der Waals surface area contributed by atoms with Crippen LogP contribution in [0.15, 0.2) is 29.4 Å². The van der Waals surface area contributed by atoms with Crippen LogP contribution in [0, 0.1) is 0 Å². The number of nitrogens with zero attached hydrogens (tertiary/aromatic N) is 4. The van der Waals surface area contributed by atoms with E-state index in [0.717, 1.165) is 24.9 Å². The quantitative estimate of drug-likeness (QED) is 0.717. The lowest BCUT2D eigenvalue weighted by Gasteiger charge is -2.16. The van der Waals surface area contributed by atoms with Gasteiger partial charge in [-0.2, -0.15) is 4.68 Å². The van der Waals surface area contributed by atoms with Gasteiger partial charge in [-0.15, -0.1) is 5.10 Å². The van der Waals surface area contributed by atoms with Crippen LogP contribution in [0.4, 0.5) is 0 Å². The molecule has 3 rings (SSSR count). The van der Waals surface area contributed by atoms with Crippen molar-refractivity contribution in [2.24, 2.45) is 0 Å². The van der Waals surface area contributed by atoms with Crippen molar-refractivity contribution in [3.8, 4) is 5.69 Å². The number of rotatable bonds is 8. The molecule has 1 fully saturated rings. The molecule has 140 valence electrons. The summed E-state index contributed by atoms with van der Waals surface area (Å²) in [5, 5.41) is 15.5. The first-order valence-corrected chi connectivity index (χ1v) is 10.4. The normalized spacial score (nSPS) is 15.9. The van der Waals surface area contributed by atoms with Crippen LogP contribution < -0.4 is 5.32 Å². The number of hydrogen-bond acceptors (Lipinski definition) is 5. The van der Waals surface area contributed by atoms with Gasteiger partial charge in [-0.25, -0.2) is 0 Å².